The molecule has 3 N–H and O–H groups in total. The quantitative estimate of drug-likeness (QED) is 0.265. The number of amides is 2. The summed E-state index contributed by atoms with van der Waals surface area (Å²) in [6, 6.07) is 4.60. The molecule has 5 aromatic rings. The molecule has 0 bridgehead atoms. The summed E-state index contributed by atoms with van der Waals surface area (Å²) in [5.41, 5.74) is 7.72. The summed E-state index contributed by atoms with van der Waals surface area (Å²) in [4.78, 5) is 34.3. The molecule has 0 saturated heterocycles. The van der Waals surface area contributed by atoms with Gasteiger partial charge in [0.15, 0.2) is 11.3 Å². The molecule has 0 aromatic carbocycles. The number of aryl methyl sites for hydroxylation is 1. The Morgan fingerprint density at radius 3 is 2.74 bits per heavy atom. The molecule has 14 heteroatoms. The Hall–Kier alpha value is -3.78. The number of fused-ring (bicyclic) bond motifs is 2. The van der Waals surface area contributed by atoms with Gasteiger partial charge in [0.1, 0.15) is 21.1 Å². The molecule has 1 saturated carbocycles. The van der Waals surface area contributed by atoms with Gasteiger partial charge in [0, 0.05) is 30.4 Å². The molecule has 194 valence electrons. The standard InChI is InChI=1S/C24H19BrF2N8O2S/c1-2-34-9-12(25)18(33-34)15-5-6-29-16-8-14(32-35(15)16)23(37)31-19-17-11(10-3-4-10)7-13(21(26)27)30-24(17)38-20(19)22(28)36/h5-10,21H,2-4H2,1H3,(H2,28,36)(H,31,37). The number of carbonyl (C=O) groups is 2. The highest BCUT2D eigenvalue weighted by Crippen LogP contribution is 2.48. The Morgan fingerprint density at radius 2 is 2.08 bits per heavy atom. The third-order valence-corrected chi connectivity index (χ3v) is 7.97. The number of hydrogen-bond donors (Lipinski definition) is 2. The minimum atomic E-state index is -2.77. The van der Waals surface area contributed by atoms with Crippen molar-refractivity contribution in [2.45, 2.75) is 38.7 Å². The van der Waals surface area contributed by atoms with Crippen molar-refractivity contribution in [3.63, 3.8) is 0 Å². The number of aromatic nitrogens is 6. The number of nitrogens with two attached hydrogens (primary N) is 1. The number of carbonyl (C=O) groups excluding carboxylic acids is 2. The zero-order chi connectivity index (χ0) is 26.7. The topological polar surface area (TPSA) is 133 Å². The first-order chi connectivity index (χ1) is 18.2. The normalized spacial score (nSPS) is 13.6. The molecule has 0 atom stereocenters. The van der Waals surface area contributed by atoms with Gasteiger partial charge in [-0.15, -0.1) is 11.3 Å². The second-order valence-electron chi connectivity index (χ2n) is 8.83. The molecule has 6 rings (SSSR count). The molecule has 0 aliphatic heterocycles. The Morgan fingerprint density at radius 1 is 1.29 bits per heavy atom. The number of halogens is 3. The highest BCUT2D eigenvalue weighted by atomic mass is 79.9. The molecule has 0 unspecified atom stereocenters. The Balaban J connectivity index is 1.43. The van der Waals surface area contributed by atoms with E-state index in [0.29, 0.717) is 34.5 Å². The molecule has 1 aliphatic carbocycles. The smallest absolute Gasteiger partial charge is 0.280 e. The zero-order valence-corrected chi connectivity index (χ0v) is 22.2. The largest absolute Gasteiger partial charge is 0.365 e. The highest BCUT2D eigenvalue weighted by Gasteiger charge is 2.32. The number of pyridine rings is 1. The SMILES string of the molecule is CCn1cc(Br)c(-c2ccnc3cc(C(=O)Nc4c(C(N)=O)sc5nc(C(F)F)cc(C6CC6)c45)nn23)n1. The van der Waals surface area contributed by atoms with E-state index >= 15 is 0 Å². The number of nitrogens with one attached hydrogen (secondary N) is 1. The summed E-state index contributed by atoms with van der Waals surface area (Å²) >= 11 is 4.40. The first-order valence-corrected chi connectivity index (χ1v) is 13.3. The summed E-state index contributed by atoms with van der Waals surface area (Å²) in [5.74, 6) is -1.35. The predicted molar refractivity (Wildman–Crippen MR) is 141 cm³/mol. The summed E-state index contributed by atoms with van der Waals surface area (Å²) in [6.07, 6.45) is 2.31. The maximum Gasteiger partial charge on any atom is 0.280 e. The van der Waals surface area contributed by atoms with Crippen LogP contribution in [0.25, 0.3) is 27.3 Å². The van der Waals surface area contributed by atoms with Gasteiger partial charge < -0.3 is 11.1 Å². The molecular formula is C24H19BrF2N8O2S. The van der Waals surface area contributed by atoms with Crippen molar-refractivity contribution in [2.24, 2.45) is 5.73 Å². The lowest BCUT2D eigenvalue weighted by Crippen LogP contribution is -2.17. The molecule has 38 heavy (non-hydrogen) atoms. The van der Waals surface area contributed by atoms with E-state index < -0.39 is 18.2 Å². The van der Waals surface area contributed by atoms with Crippen LogP contribution in [0.3, 0.4) is 0 Å². The fourth-order valence-electron chi connectivity index (χ4n) is 4.36. The van der Waals surface area contributed by atoms with Crippen molar-refractivity contribution in [3.05, 3.63) is 56.9 Å². The average Bonchev–Trinajstić information content (AvgIpc) is 3.36. The Labute approximate surface area is 226 Å². The monoisotopic (exact) mass is 600 g/mol. The van der Waals surface area contributed by atoms with Crippen LogP contribution in [-0.4, -0.2) is 41.2 Å². The van der Waals surface area contributed by atoms with Crippen LogP contribution in [-0.2, 0) is 6.54 Å². The molecule has 0 radical (unpaired) electrons. The van der Waals surface area contributed by atoms with Crippen LogP contribution in [0.1, 0.15) is 63.5 Å². The minimum absolute atomic E-state index is 0.0331. The molecule has 5 heterocycles. The lowest BCUT2D eigenvalue weighted by atomic mass is 10.0. The average molecular weight is 601 g/mol. The number of anilines is 1. The fraction of sp³-hybridized carbons (Fsp3) is 0.250. The molecule has 0 spiro atoms. The van der Waals surface area contributed by atoms with Gasteiger partial charge in [0.25, 0.3) is 18.2 Å². The van der Waals surface area contributed by atoms with Crippen molar-refractivity contribution in [1.82, 2.24) is 29.4 Å². The van der Waals surface area contributed by atoms with Crippen LogP contribution in [0.15, 0.2) is 35.1 Å². The molecule has 5 aromatic heterocycles. The van der Waals surface area contributed by atoms with Crippen molar-refractivity contribution < 1.29 is 18.4 Å². The van der Waals surface area contributed by atoms with Gasteiger partial charge in [-0.25, -0.2) is 23.3 Å². The van der Waals surface area contributed by atoms with Crippen molar-refractivity contribution in [3.8, 4) is 11.4 Å². The number of primary amides is 1. The van der Waals surface area contributed by atoms with Gasteiger partial charge in [-0.3, -0.25) is 14.3 Å². The van der Waals surface area contributed by atoms with Gasteiger partial charge in [-0.1, -0.05) is 0 Å². The minimum Gasteiger partial charge on any atom is -0.365 e. The van der Waals surface area contributed by atoms with E-state index in [1.165, 1.54) is 16.6 Å². The number of thiophene rings is 1. The zero-order valence-electron chi connectivity index (χ0n) is 19.8. The van der Waals surface area contributed by atoms with E-state index in [1.54, 1.807) is 16.9 Å². The van der Waals surface area contributed by atoms with Crippen LogP contribution < -0.4 is 11.1 Å². The van der Waals surface area contributed by atoms with Crippen molar-refractivity contribution >= 4 is 60.6 Å². The maximum atomic E-state index is 13.5. The third kappa shape index (κ3) is 4.13. The predicted octanol–water partition coefficient (Wildman–Crippen LogP) is 5.15. The van der Waals surface area contributed by atoms with E-state index in [-0.39, 0.29) is 32.7 Å². The summed E-state index contributed by atoms with van der Waals surface area (Å²) < 4.78 is 31.1. The third-order valence-electron chi connectivity index (χ3n) is 6.29. The van der Waals surface area contributed by atoms with E-state index in [4.69, 9.17) is 5.73 Å². The summed E-state index contributed by atoms with van der Waals surface area (Å²) in [7, 11) is 0. The van der Waals surface area contributed by atoms with E-state index in [9.17, 15) is 18.4 Å². The van der Waals surface area contributed by atoms with Crippen LogP contribution >= 0.6 is 27.3 Å². The Bertz CT molecular complexity index is 1760. The van der Waals surface area contributed by atoms with Crippen LogP contribution in [0, 0.1) is 0 Å². The summed E-state index contributed by atoms with van der Waals surface area (Å²) in [6.45, 7) is 2.64. The number of nitrogens with zero attached hydrogens (tertiary/aromatic N) is 6. The molecule has 1 fully saturated rings. The van der Waals surface area contributed by atoms with Crippen molar-refractivity contribution in [2.75, 3.05) is 5.32 Å². The first-order valence-electron chi connectivity index (χ1n) is 11.7. The van der Waals surface area contributed by atoms with E-state index in [0.717, 1.165) is 28.7 Å². The van der Waals surface area contributed by atoms with Crippen LogP contribution in [0.5, 0.6) is 0 Å². The van der Waals surface area contributed by atoms with Gasteiger partial charge in [-0.2, -0.15) is 10.2 Å². The van der Waals surface area contributed by atoms with Gasteiger partial charge in [0.05, 0.1) is 15.9 Å². The summed E-state index contributed by atoms with van der Waals surface area (Å²) in [5, 5.41) is 12.2. The van der Waals surface area contributed by atoms with Gasteiger partial charge in [-0.05, 0) is 59.3 Å². The number of alkyl halides is 2. The number of rotatable bonds is 7. The van der Waals surface area contributed by atoms with Crippen LogP contribution in [0.4, 0.5) is 14.5 Å². The van der Waals surface area contributed by atoms with E-state index in [2.05, 4.69) is 41.4 Å². The number of hydrogen-bond acceptors (Lipinski definition) is 7. The second kappa shape index (κ2) is 9.20. The van der Waals surface area contributed by atoms with E-state index in [1.807, 2.05) is 13.1 Å². The van der Waals surface area contributed by atoms with Crippen LogP contribution in [0.2, 0.25) is 0 Å². The molecular weight excluding hydrogens is 582 g/mol. The molecule has 1 aliphatic rings. The molecule has 2 amide bonds. The second-order valence-corrected chi connectivity index (χ2v) is 10.7. The highest BCUT2D eigenvalue weighted by molar-refractivity contribution is 9.10. The maximum absolute atomic E-state index is 13.5. The Kier molecular flexibility index (Phi) is 5.94. The lowest BCUT2D eigenvalue weighted by Gasteiger charge is -2.09. The fourth-order valence-corrected chi connectivity index (χ4v) is 5.90. The van der Waals surface area contributed by atoms with Gasteiger partial charge >= 0.3 is 0 Å². The lowest BCUT2D eigenvalue weighted by molar-refractivity contribution is 0.100. The molecule has 10 nitrogen and oxygen atoms in total. The van der Waals surface area contributed by atoms with Crippen molar-refractivity contribution in [1.29, 1.82) is 0 Å². The van der Waals surface area contributed by atoms with Gasteiger partial charge in [0.2, 0.25) is 0 Å². The first kappa shape index (κ1) is 24.6.